The van der Waals surface area contributed by atoms with Crippen molar-refractivity contribution in [3.63, 3.8) is 0 Å². The Labute approximate surface area is 388 Å². The molecule has 0 aromatic heterocycles. The lowest BCUT2D eigenvalue weighted by atomic mass is 10.0. The molecule has 0 atom stereocenters. The molecule has 0 bridgehead atoms. The molecular weight excluding hydrogens is 781 g/mol. The van der Waals surface area contributed by atoms with Gasteiger partial charge in [-0.2, -0.15) is 0 Å². The van der Waals surface area contributed by atoms with Crippen molar-refractivity contribution in [2.75, 3.05) is 19.8 Å². The first-order chi connectivity index (χ1) is 31.0. The predicted octanol–water partition coefficient (Wildman–Crippen LogP) is 17.9. The van der Waals surface area contributed by atoms with E-state index >= 15 is 0 Å². The van der Waals surface area contributed by atoms with Crippen molar-refractivity contribution in [2.24, 2.45) is 0 Å². The van der Waals surface area contributed by atoms with Crippen LogP contribution >= 0.6 is 0 Å². The minimum Gasteiger partial charge on any atom is -0.462 e. The Kier molecular flexibility index (Phi) is 41.7. The molecule has 63 heavy (non-hydrogen) atoms. The Morgan fingerprint density at radius 3 is 0.937 bits per heavy atom. The van der Waals surface area contributed by atoms with Crippen LogP contribution in [0.15, 0.2) is 54.7 Å². The van der Waals surface area contributed by atoms with E-state index in [9.17, 15) is 14.4 Å². The minimum atomic E-state index is -0.599. The zero-order valence-corrected chi connectivity index (χ0v) is 41.2. The highest BCUT2D eigenvalue weighted by molar-refractivity contribution is 6.05. The first-order valence-corrected chi connectivity index (χ1v) is 26.6. The first kappa shape index (κ1) is 57.9. The van der Waals surface area contributed by atoms with Crippen molar-refractivity contribution in [3.8, 4) is 0 Å². The summed E-state index contributed by atoms with van der Waals surface area (Å²) in [6.45, 7) is 7.57. The van der Waals surface area contributed by atoms with Crippen molar-refractivity contribution < 1.29 is 28.6 Å². The fourth-order valence-electron chi connectivity index (χ4n) is 7.76. The van der Waals surface area contributed by atoms with Crippen LogP contribution in [0.3, 0.4) is 0 Å². The van der Waals surface area contributed by atoms with Gasteiger partial charge in [-0.3, -0.25) is 0 Å². The van der Waals surface area contributed by atoms with Crippen LogP contribution in [0.2, 0.25) is 0 Å². The Bertz CT molecular complexity index is 1310. The lowest BCUT2D eigenvalue weighted by Crippen LogP contribution is -2.17. The standard InChI is InChI=1S/C57H96O6/c1-4-7-10-13-16-19-22-25-28-31-34-37-40-43-48-61-55(58)52-46-47-53(56(59)62-49-44-41-38-35-32-29-26-23-20-17-14-11-8-5-2)54(51-52)57(60)63-50-45-42-39-36-33-30-27-24-21-18-15-12-9-6-3/h10-15,46-47,51H,4-9,16-45,48-50H2,1-3H3/b13-10+,14-11+,15-12+. The molecule has 0 aliphatic carbocycles. The van der Waals surface area contributed by atoms with Gasteiger partial charge in [0, 0.05) is 0 Å². The molecule has 0 aliphatic heterocycles. The Morgan fingerprint density at radius 2 is 0.603 bits per heavy atom. The van der Waals surface area contributed by atoms with Gasteiger partial charge < -0.3 is 14.2 Å². The maximum atomic E-state index is 13.4. The molecule has 1 aromatic rings. The summed E-state index contributed by atoms with van der Waals surface area (Å²) in [5, 5.41) is 0. The molecular formula is C57H96O6. The van der Waals surface area contributed by atoms with E-state index in [-0.39, 0.29) is 23.3 Å². The zero-order valence-electron chi connectivity index (χ0n) is 41.2. The Morgan fingerprint density at radius 1 is 0.333 bits per heavy atom. The summed E-state index contributed by atoms with van der Waals surface area (Å²) in [6, 6.07) is 4.53. The van der Waals surface area contributed by atoms with E-state index in [1.165, 1.54) is 185 Å². The molecule has 0 spiro atoms. The summed E-state index contributed by atoms with van der Waals surface area (Å²) in [5.74, 6) is -1.64. The summed E-state index contributed by atoms with van der Waals surface area (Å²) in [6.07, 6.45) is 56.4. The normalized spacial score (nSPS) is 11.7. The molecule has 0 aliphatic rings. The number of unbranched alkanes of at least 4 members (excludes halogenated alkanes) is 30. The van der Waals surface area contributed by atoms with E-state index in [1.54, 1.807) is 6.07 Å². The molecule has 0 saturated heterocycles. The highest BCUT2D eigenvalue weighted by Crippen LogP contribution is 2.19. The Hall–Kier alpha value is -3.15. The summed E-state index contributed by atoms with van der Waals surface area (Å²) in [4.78, 5) is 39.7. The number of carbonyl (C=O) groups excluding carboxylic acids is 3. The van der Waals surface area contributed by atoms with Crippen molar-refractivity contribution in [1.29, 1.82) is 0 Å². The molecule has 0 amide bonds. The van der Waals surface area contributed by atoms with Gasteiger partial charge in [-0.15, -0.1) is 0 Å². The summed E-state index contributed by atoms with van der Waals surface area (Å²) < 4.78 is 16.9. The number of rotatable bonds is 45. The van der Waals surface area contributed by atoms with Crippen LogP contribution in [0.5, 0.6) is 0 Å². The van der Waals surface area contributed by atoms with Gasteiger partial charge in [0.05, 0.1) is 36.5 Å². The van der Waals surface area contributed by atoms with Crippen LogP contribution < -0.4 is 0 Å². The van der Waals surface area contributed by atoms with Gasteiger partial charge in [0.2, 0.25) is 0 Å². The molecule has 0 unspecified atom stereocenters. The number of allylic oxidation sites excluding steroid dienone is 6. The SMILES string of the molecule is CCC/C=C/CCCCCCCCCCCOC(=O)c1ccc(C(=O)OCCCCCCCCCCC/C=C/CCC)c(C(=O)OCCCCCCCCCCC/C=C/CCC)c1. The lowest BCUT2D eigenvalue weighted by Gasteiger charge is -2.12. The van der Waals surface area contributed by atoms with E-state index < -0.39 is 17.9 Å². The van der Waals surface area contributed by atoms with Gasteiger partial charge in [0.25, 0.3) is 0 Å². The van der Waals surface area contributed by atoms with E-state index in [0.717, 1.165) is 57.8 Å². The minimum absolute atomic E-state index is 0.0697. The van der Waals surface area contributed by atoms with E-state index in [1.807, 2.05) is 0 Å². The molecule has 1 aromatic carbocycles. The zero-order chi connectivity index (χ0) is 45.5. The molecule has 1 rings (SSSR count). The summed E-state index contributed by atoms with van der Waals surface area (Å²) >= 11 is 0. The largest absolute Gasteiger partial charge is 0.462 e. The van der Waals surface area contributed by atoms with Gasteiger partial charge >= 0.3 is 17.9 Å². The summed E-state index contributed by atoms with van der Waals surface area (Å²) in [7, 11) is 0. The Balaban J connectivity index is 2.49. The topological polar surface area (TPSA) is 78.9 Å². The third kappa shape index (κ3) is 35.8. The number of carbonyl (C=O) groups is 3. The summed E-state index contributed by atoms with van der Waals surface area (Å²) in [5.41, 5.74) is 0.453. The van der Waals surface area contributed by atoms with Gasteiger partial charge in [-0.05, 0) is 95.2 Å². The molecule has 360 valence electrons. The van der Waals surface area contributed by atoms with E-state index in [0.29, 0.717) is 13.2 Å². The average Bonchev–Trinajstić information content (AvgIpc) is 3.29. The second-order valence-corrected chi connectivity index (χ2v) is 17.9. The molecule has 0 radical (unpaired) electrons. The van der Waals surface area contributed by atoms with Crippen LogP contribution in [0.25, 0.3) is 0 Å². The number of esters is 3. The van der Waals surface area contributed by atoms with Gasteiger partial charge in [-0.25, -0.2) is 14.4 Å². The van der Waals surface area contributed by atoms with Crippen molar-refractivity contribution in [3.05, 3.63) is 71.3 Å². The maximum Gasteiger partial charge on any atom is 0.339 e. The highest BCUT2D eigenvalue weighted by atomic mass is 16.5. The number of hydrogen-bond donors (Lipinski definition) is 0. The molecule has 0 N–H and O–H groups in total. The van der Waals surface area contributed by atoms with Crippen LogP contribution in [0.1, 0.15) is 283 Å². The third-order valence-corrected chi connectivity index (χ3v) is 11.8. The molecule has 0 saturated carbocycles. The monoisotopic (exact) mass is 877 g/mol. The fraction of sp³-hybridized carbons (Fsp3) is 0.737. The van der Waals surface area contributed by atoms with Crippen molar-refractivity contribution >= 4 is 17.9 Å². The highest BCUT2D eigenvalue weighted by Gasteiger charge is 2.22. The van der Waals surface area contributed by atoms with E-state index in [4.69, 9.17) is 14.2 Å². The fourth-order valence-corrected chi connectivity index (χ4v) is 7.76. The third-order valence-electron chi connectivity index (χ3n) is 11.8. The van der Waals surface area contributed by atoms with Gasteiger partial charge in [0.15, 0.2) is 0 Å². The smallest absolute Gasteiger partial charge is 0.339 e. The van der Waals surface area contributed by atoms with Gasteiger partial charge in [0.1, 0.15) is 0 Å². The number of ether oxygens (including phenoxy) is 3. The maximum absolute atomic E-state index is 13.4. The van der Waals surface area contributed by atoms with Crippen LogP contribution in [0, 0.1) is 0 Å². The average molecular weight is 877 g/mol. The second-order valence-electron chi connectivity index (χ2n) is 17.9. The first-order valence-electron chi connectivity index (χ1n) is 26.6. The molecule has 0 fully saturated rings. The van der Waals surface area contributed by atoms with Crippen molar-refractivity contribution in [1.82, 2.24) is 0 Å². The van der Waals surface area contributed by atoms with Crippen LogP contribution in [0.4, 0.5) is 0 Å². The second kappa shape index (κ2) is 45.4. The van der Waals surface area contributed by atoms with Gasteiger partial charge in [-0.1, -0.05) is 211 Å². The number of benzene rings is 1. The van der Waals surface area contributed by atoms with E-state index in [2.05, 4.69) is 57.2 Å². The quantitative estimate of drug-likeness (QED) is 0.0281. The molecule has 6 nitrogen and oxygen atoms in total. The van der Waals surface area contributed by atoms with Crippen LogP contribution in [-0.4, -0.2) is 37.7 Å². The molecule has 0 heterocycles. The molecule has 6 heteroatoms. The lowest BCUT2D eigenvalue weighted by molar-refractivity contribution is 0.0447. The van der Waals surface area contributed by atoms with Crippen LogP contribution in [-0.2, 0) is 14.2 Å². The van der Waals surface area contributed by atoms with Crippen molar-refractivity contribution in [2.45, 2.75) is 252 Å². The predicted molar refractivity (Wildman–Crippen MR) is 268 cm³/mol. The number of hydrogen-bond acceptors (Lipinski definition) is 6.